The van der Waals surface area contributed by atoms with Crippen LogP contribution in [0.15, 0.2) is 18.2 Å². The maximum Gasteiger partial charge on any atom is 0.233 e. The predicted octanol–water partition coefficient (Wildman–Crippen LogP) is 1.64. The van der Waals surface area contributed by atoms with E-state index < -0.39 is 28.6 Å². The van der Waals surface area contributed by atoms with Crippen molar-refractivity contribution in [3.05, 3.63) is 45.5 Å². The summed E-state index contributed by atoms with van der Waals surface area (Å²) in [7, 11) is 0. The van der Waals surface area contributed by atoms with E-state index in [0.29, 0.717) is 13.0 Å². The minimum atomic E-state index is -0.892. The SMILES string of the molecule is O=[N+]([O-])C1CCN[C@@H]1c1cc(F)ccc1F. The summed E-state index contributed by atoms with van der Waals surface area (Å²) in [5.74, 6) is -1.21. The molecule has 1 heterocycles. The van der Waals surface area contributed by atoms with Gasteiger partial charge in [0, 0.05) is 23.5 Å². The summed E-state index contributed by atoms with van der Waals surface area (Å²) < 4.78 is 26.4. The van der Waals surface area contributed by atoms with Crippen LogP contribution >= 0.6 is 0 Å². The second-order valence-corrected chi connectivity index (χ2v) is 3.74. The number of hydrogen-bond donors (Lipinski definition) is 1. The molecule has 1 fully saturated rings. The summed E-state index contributed by atoms with van der Waals surface area (Å²) in [6.45, 7) is 0.437. The molecule has 2 atom stereocenters. The molecule has 1 aromatic rings. The van der Waals surface area contributed by atoms with Crippen molar-refractivity contribution >= 4 is 0 Å². The molecule has 86 valence electrons. The maximum absolute atomic E-state index is 13.4. The van der Waals surface area contributed by atoms with Gasteiger partial charge in [0.1, 0.15) is 17.7 Å². The first-order chi connectivity index (χ1) is 7.59. The molecular formula is C10H10F2N2O2. The van der Waals surface area contributed by atoms with E-state index in [2.05, 4.69) is 5.32 Å². The van der Waals surface area contributed by atoms with Crippen LogP contribution in [0.5, 0.6) is 0 Å². The fourth-order valence-corrected chi connectivity index (χ4v) is 1.99. The number of halogens is 2. The predicted molar refractivity (Wildman–Crippen MR) is 52.5 cm³/mol. The summed E-state index contributed by atoms with van der Waals surface area (Å²) in [5, 5.41) is 13.6. The van der Waals surface area contributed by atoms with Crippen molar-refractivity contribution in [1.29, 1.82) is 0 Å². The molecule has 1 N–H and O–H groups in total. The Bertz CT molecular complexity index is 425. The van der Waals surface area contributed by atoms with Crippen LogP contribution in [-0.4, -0.2) is 17.5 Å². The van der Waals surface area contributed by atoms with E-state index in [-0.39, 0.29) is 5.56 Å². The van der Waals surface area contributed by atoms with Crippen molar-refractivity contribution in [2.24, 2.45) is 0 Å². The lowest BCUT2D eigenvalue weighted by molar-refractivity contribution is -0.524. The first kappa shape index (κ1) is 10.9. The van der Waals surface area contributed by atoms with Crippen molar-refractivity contribution in [1.82, 2.24) is 5.32 Å². The summed E-state index contributed by atoms with van der Waals surface area (Å²) in [6, 6.07) is 1.35. The van der Waals surface area contributed by atoms with E-state index in [4.69, 9.17) is 0 Å². The van der Waals surface area contributed by atoms with Gasteiger partial charge in [0.15, 0.2) is 0 Å². The molecule has 1 saturated heterocycles. The van der Waals surface area contributed by atoms with E-state index >= 15 is 0 Å². The van der Waals surface area contributed by atoms with Crippen LogP contribution in [0.1, 0.15) is 18.0 Å². The van der Waals surface area contributed by atoms with E-state index in [1.165, 1.54) is 0 Å². The van der Waals surface area contributed by atoms with Crippen molar-refractivity contribution < 1.29 is 13.7 Å². The minimum Gasteiger partial charge on any atom is -0.304 e. The molecule has 1 aromatic carbocycles. The van der Waals surface area contributed by atoms with Crippen LogP contribution in [0.2, 0.25) is 0 Å². The van der Waals surface area contributed by atoms with Gasteiger partial charge in [-0.15, -0.1) is 0 Å². The van der Waals surface area contributed by atoms with E-state index in [1.807, 2.05) is 0 Å². The number of hydrogen-bond acceptors (Lipinski definition) is 3. The second kappa shape index (κ2) is 4.13. The zero-order valence-electron chi connectivity index (χ0n) is 8.32. The molecular weight excluding hydrogens is 218 g/mol. The van der Waals surface area contributed by atoms with E-state index in [9.17, 15) is 18.9 Å². The molecule has 0 spiro atoms. The van der Waals surface area contributed by atoms with Gasteiger partial charge in [0.2, 0.25) is 6.04 Å². The fraction of sp³-hybridized carbons (Fsp3) is 0.400. The van der Waals surface area contributed by atoms with Gasteiger partial charge in [-0.1, -0.05) is 0 Å². The minimum absolute atomic E-state index is 0.0270. The van der Waals surface area contributed by atoms with Crippen molar-refractivity contribution in [2.45, 2.75) is 18.5 Å². The van der Waals surface area contributed by atoms with Gasteiger partial charge >= 0.3 is 0 Å². The Morgan fingerprint density at radius 3 is 2.88 bits per heavy atom. The number of benzene rings is 1. The lowest BCUT2D eigenvalue weighted by atomic mass is 10.0. The normalized spacial score (nSPS) is 24.6. The number of nitro groups is 1. The molecule has 16 heavy (non-hydrogen) atoms. The van der Waals surface area contributed by atoms with Crippen LogP contribution < -0.4 is 5.32 Å². The van der Waals surface area contributed by atoms with Crippen LogP contribution in [0.4, 0.5) is 8.78 Å². The lowest BCUT2D eigenvalue weighted by Gasteiger charge is -2.14. The number of rotatable bonds is 2. The first-order valence-corrected chi connectivity index (χ1v) is 4.91. The Balaban J connectivity index is 2.35. The lowest BCUT2D eigenvalue weighted by Crippen LogP contribution is -2.28. The number of nitrogens with one attached hydrogen (secondary N) is 1. The second-order valence-electron chi connectivity index (χ2n) is 3.74. The Labute approximate surface area is 90.4 Å². The van der Waals surface area contributed by atoms with Crippen LogP contribution in [0.3, 0.4) is 0 Å². The van der Waals surface area contributed by atoms with Crippen molar-refractivity contribution in [3.63, 3.8) is 0 Å². The van der Waals surface area contributed by atoms with E-state index in [1.54, 1.807) is 0 Å². The highest BCUT2D eigenvalue weighted by Crippen LogP contribution is 2.28. The number of nitrogens with zero attached hydrogens (tertiary/aromatic N) is 1. The molecule has 0 amide bonds. The summed E-state index contributed by atoms with van der Waals surface area (Å²) in [4.78, 5) is 10.3. The van der Waals surface area contributed by atoms with Gasteiger partial charge < -0.3 is 5.32 Å². The quantitative estimate of drug-likeness (QED) is 0.618. The third-order valence-corrected chi connectivity index (χ3v) is 2.75. The smallest absolute Gasteiger partial charge is 0.233 e. The largest absolute Gasteiger partial charge is 0.304 e. The van der Waals surface area contributed by atoms with Crippen LogP contribution in [0.25, 0.3) is 0 Å². The average Bonchev–Trinajstić information content (AvgIpc) is 2.70. The van der Waals surface area contributed by atoms with Crippen LogP contribution in [0, 0.1) is 21.7 Å². The Kier molecular flexibility index (Phi) is 2.82. The molecule has 0 saturated carbocycles. The molecule has 0 bridgehead atoms. The van der Waals surface area contributed by atoms with Crippen molar-refractivity contribution in [2.75, 3.05) is 6.54 Å². The molecule has 1 aliphatic rings. The summed E-state index contributed by atoms with van der Waals surface area (Å²) in [5.41, 5.74) is 0.0270. The highest BCUT2D eigenvalue weighted by molar-refractivity contribution is 5.24. The topological polar surface area (TPSA) is 55.2 Å². The van der Waals surface area contributed by atoms with Crippen molar-refractivity contribution in [3.8, 4) is 0 Å². The maximum atomic E-state index is 13.4. The molecule has 4 nitrogen and oxygen atoms in total. The van der Waals surface area contributed by atoms with Gasteiger partial charge in [-0.3, -0.25) is 10.1 Å². The van der Waals surface area contributed by atoms with Gasteiger partial charge in [0.25, 0.3) is 0 Å². The van der Waals surface area contributed by atoms with Gasteiger partial charge in [0.05, 0.1) is 0 Å². The summed E-state index contributed by atoms with van der Waals surface area (Å²) >= 11 is 0. The molecule has 0 radical (unpaired) electrons. The Hall–Kier alpha value is -1.56. The third kappa shape index (κ3) is 1.88. The first-order valence-electron chi connectivity index (χ1n) is 4.91. The highest BCUT2D eigenvalue weighted by Gasteiger charge is 2.38. The average molecular weight is 228 g/mol. The molecule has 0 aromatic heterocycles. The van der Waals surface area contributed by atoms with E-state index in [0.717, 1.165) is 18.2 Å². The summed E-state index contributed by atoms with van der Waals surface area (Å²) in [6.07, 6.45) is 0.327. The van der Waals surface area contributed by atoms with Gasteiger partial charge in [-0.05, 0) is 18.2 Å². The molecule has 1 unspecified atom stereocenters. The fourth-order valence-electron chi connectivity index (χ4n) is 1.99. The van der Waals surface area contributed by atoms with Gasteiger partial charge in [-0.25, -0.2) is 8.78 Å². The third-order valence-electron chi connectivity index (χ3n) is 2.75. The molecule has 0 aliphatic carbocycles. The zero-order valence-corrected chi connectivity index (χ0v) is 8.32. The highest BCUT2D eigenvalue weighted by atomic mass is 19.1. The molecule has 1 aliphatic heterocycles. The Morgan fingerprint density at radius 2 is 2.19 bits per heavy atom. The monoisotopic (exact) mass is 228 g/mol. The molecule has 2 rings (SSSR count). The standard InChI is InChI=1S/C10H10F2N2O2/c11-6-1-2-8(12)7(5-6)10-9(14(15)16)3-4-13-10/h1-2,5,9-10,13H,3-4H2/t9?,10-/m1/s1. The molecule has 6 heteroatoms. The Morgan fingerprint density at radius 1 is 1.44 bits per heavy atom. The van der Waals surface area contributed by atoms with Gasteiger partial charge in [-0.2, -0.15) is 0 Å². The van der Waals surface area contributed by atoms with Crippen LogP contribution in [-0.2, 0) is 0 Å². The zero-order chi connectivity index (χ0) is 11.7.